The van der Waals surface area contributed by atoms with Gasteiger partial charge in [0.15, 0.2) is 6.29 Å². The second-order valence-electron chi connectivity index (χ2n) is 12.1. The molecule has 252 valence electrons. The van der Waals surface area contributed by atoms with E-state index in [9.17, 15) is 5.11 Å². The Hall–Kier alpha value is -1.20. The quantitative estimate of drug-likeness (QED) is 0.0436. The summed E-state index contributed by atoms with van der Waals surface area (Å²) in [5.41, 5.74) is 5.68. The lowest BCUT2D eigenvalue weighted by atomic mass is 10.1. The minimum atomic E-state index is -0.755. The summed E-state index contributed by atoms with van der Waals surface area (Å²) in [7, 11) is 0. The summed E-state index contributed by atoms with van der Waals surface area (Å²) >= 11 is 0. The highest BCUT2D eigenvalue weighted by Crippen LogP contribution is 2.12. The number of hydrogen-bond donors (Lipinski definition) is 2. The van der Waals surface area contributed by atoms with Crippen LogP contribution in [-0.4, -0.2) is 37.3 Å². The number of aliphatic hydroxyl groups is 1. The maximum absolute atomic E-state index is 10.2. The van der Waals surface area contributed by atoms with Crippen LogP contribution in [0, 0.1) is 0 Å². The van der Waals surface area contributed by atoms with Crippen LogP contribution in [0.4, 0.5) is 0 Å². The first-order valence-electron chi connectivity index (χ1n) is 18.5. The van der Waals surface area contributed by atoms with E-state index in [2.05, 4.69) is 62.5 Å². The Morgan fingerprint density at radius 1 is 0.465 bits per heavy atom. The SMILES string of the molecule is CCCCC/C=C\C/C=C\CCCCCCCCOC(OCCCCCCCC/C=C\C/C=C\CCCCC)C(O)CN. The molecule has 0 aromatic heterocycles. The van der Waals surface area contributed by atoms with Gasteiger partial charge in [0.1, 0.15) is 6.10 Å². The molecule has 0 radical (unpaired) electrons. The van der Waals surface area contributed by atoms with Crippen molar-refractivity contribution >= 4 is 0 Å². The second kappa shape index (κ2) is 37.0. The molecule has 0 aromatic rings. The topological polar surface area (TPSA) is 64.7 Å². The Morgan fingerprint density at radius 3 is 1.14 bits per heavy atom. The van der Waals surface area contributed by atoms with Crippen LogP contribution in [0.25, 0.3) is 0 Å². The largest absolute Gasteiger partial charge is 0.386 e. The first-order chi connectivity index (χ1) is 21.3. The van der Waals surface area contributed by atoms with Gasteiger partial charge in [-0.3, -0.25) is 0 Å². The molecule has 43 heavy (non-hydrogen) atoms. The van der Waals surface area contributed by atoms with E-state index in [4.69, 9.17) is 15.2 Å². The van der Waals surface area contributed by atoms with Gasteiger partial charge in [-0.05, 0) is 77.0 Å². The lowest BCUT2D eigenvalue weighted by molar-refractivity contribution is -0.192. The molecular weight excluding hydrogens is 530 g/mol. The normalized spacial score (nSPS) is 13.2. The smallest absolute Gasteiger partial charge is 0.184 e. The van der Waals surface area contributed by atoms with Gasteiger partial charge in [0.2, 0.25) is 0 Å². The maximum Gasteiger partial charge on any atom is 0.184 e. The van der Waals surface area contributed by atoms with Crippen molar-refractivity contribution in [3.05, 3.63) is 48.6 Å². The third-order valence-electron chi connectivity index (χ3n) is 7.81. The van der Waals surface area contributed by atoms with Crippen LogP contribution in [0.15, 0.2) is 48.6 Å². The fourth-order valence-electron chi connectivity index (χ4n) is 4.96. The van der Waals surface area contributed by atoms with E-state index in [0.29, 0.717) is 13.2 Å². The number of allylic oxidation sites excluding steroid dienone is 8. The monoisotopic (exact) mass is 604 g/mol. The molecule has 0 saturated heterocycles. The molecule has 4 heteroatoms. The fourth-order valence-corrected chi connectivity index (χ4v) is 4.96. The van der Waals surface area contributed by atoms with Gasteiger partial charge in [0, 0.05) is 19.8 Å². The summed E-state index contributed by atoms with van der Waals surface area (Å²) in [6, 6.07) is 0. The molecule has 3 N–H and O–H groups in total. The Morgan fingerprint density at radius 2 is 0.791 bits per heavy atom. The van der Waals surface area contributed by atoms with Gasteiger partial charge in [-0.1, -0.05) is 140 Å². The van der Waals surface area contributed by atoms with E-state index in [1.165, 1.54) is 116 Å². The number of ether oxygens (including phenoxy) is 2. The van der Waals surface area contributed by atoms with Crippen molar-refractivity contribution in [2.24, 2.45) is 5.73 Å². The molecule has 0 aliphatic rings. The number of nitrogens with two attached hydrogens (primary N) is 1. The zero-order valence-corrected chi connectivity index (χ0v) is 28.7. The zero-order chi connectivity index (χ0) is 31.3. The van der Waals surface area contributed by atoms with Crippen molar-refractivity contribution in [2.45, 2.75) is 180 Å². The lowest BCUT2D eigenvalue weighted by Crippen LogP contribution is -2.38. The van der Waals surface area contributed by atoms with Gasteiger partial charge >= 0.3 is 0 Å². The molecule has 0 aromatic carbocycles. The van der Waals surface area contributed by atoms with E-state index in [1.807, 2.05) is 0 Å². The van der Waals surface area contributed by atoms with E-state index >= 15 is 0 Å². The molecule has 0 amide bonds. The molecule has 0 aliphatic heterocycles. The summed E-state index contributed by atoms with van der Waals surface area (Å²) < 4.78 is 11.7. The van der Waals surface area contributed by atoms with Crippen molar-refractivity contribution < 1.29 is 14.6 Å². The Bertz CT molecular complexity index is 592. The van der Waals surface area contributed by atoms with E-state index < -0.39 is 12.4 Å². The van der Waals surface area contributed by atoms with Crippen LogP contribution >= 0.6 is 0 Å². The minimum absolute atomic E-state index is 0.165. The van der Waals surface area contributed by atoms with Gasteiger partial charge in [0.25, 0.3) is 0 Å². The highest BCUT2D eigenvalue weighted by molar-refractivity contribution is 4.93. The number of hydrogen-bond acceptors (Lipinski definition) is 4. The van der Waals surface area contributed by atoms with Crippen molar-refractivity contribution in [1.82, 2.24) is 0 Å². The molecular formula is C39H73NO3. The van der Waals surface area contributed by atoms with Gasteiger partial charge < -0.3 is 20.3 Å². The Labute approximate surface area is 268 Å². The summed E-state index contributed by atoms with van der Waals surface area (Å²) in [5.74, 6) is 0. The summed E-state index contributed by atoms with van der Waals surface area (Å²) in [4.78, 5) is 0. The van der Waals surface area contributed by atoms with Crippen LogP contribution in [0.5, 0.6) is 0 Å². The summed E-state index contributed by atoms with van der Waals surface area (Å²) in [6.45, 7) is 5.92. The van der Waals surface area contributed by atoms with Crippen LogP contribution in [-0.2, 0) is 9.47 Å². The van der Waals surface area contributed by atoms with Crippen molar-refractivity contribution in [1.29, 1.82) is 0 Å². The molecule has 1 unspecified atom stereocenters. The average molecular weight is 604 g/mol. The highest BCUT2D eigenvalue weighted by Gasteiger charge is 2.18. The predicted octanol–water partition coefficient (Wildman–Crippen LogP) is 11.3. The fraction of sp³-hybridized carbons (Fsp3) is 0.795. The first-order valence-corrected chi connectivity index (χ1v) is 18.5. The molecule has 4 nitrogen and oxygen atoms in total. The van der Waals surface area contributed by atoms with Crippen molar-refractivity contribution in [3.63, 3.8) is 0 Å². The number of unbranched alkanes of at least 4 members (excludes halogenated alkanes) is 18. The molecule has 0 bridgehead atoms. The van der Waals surface area contributed by atoms with Crippen LogP contribution in [0.2, 0.25) is 0 Å². The molecule has 0 aliphatic carbocycles. The maximum atomic E-state index is 10.2. The van der Waals surface area contributed by atoms with Gasteiger partial charge in [-0.2, -0.15) is 0 Å². The molecule has 0 saturated carbocycles. The van der Waals surface area contributed by atoms with Gasteiger partial charge in [0.05, 0.1) is 0 Å². The van der Waals surface area contributed by atoms with Crippen LogP contribution < -0.4 is 5.73 Å². The number of aliphatic hydroxyl groups excluding tert-OH is 1. The highest BCUT2D eigenvalue weighted by atomic mass is 16.7. The number of rotatable bonds is 34. The Balaban J connectivity index is 3.61. The van der Waals surface area contributed by atoms with Crippen LogP contribution in [0.3, 0.4) is 0 Å². The second-order valence-corrected chi connectivity index (χ2v) is 12.1. The molecule has 0 rings (SSSR count). The van der Waals surface area contributed by atoms with Crippen molar-refractivity contribution in [3.8, 4) is 0 Å². The molecule has 0 heterocycles. The molecule has 0 fully saturated rings. The summed E-state index contributed by atoms with van der Waals surface area (Å²) in [6.07, 6.45) is 46.6. The standard InChI is InChI=1S/C39H73NO3/c1-3-5-7-9-11-13-15-17-19-21-23-25-27-29-31-33-35-42-39(38(41)37-40)43-36-34-32-30-28-26-24-22-20-18-16-14-12-10-8-6-4-2/h11-14,17-20,38-39,41H,3-10,15-16,21-37,40H2,1-2H3/b13-11-,14-12-,19-17-,20-18-. The first kappa shape index (κ1) is 41.8. The third kappa shape index (κ3) is 33.5. The van der Waals surface area contributed by atoms with E-state index in [1.54, 1.807) is 0 Å². The third-order valence-corrected chi connectivity index (χ3v) is 7.81. The average Bonchev–Trinajstić information content (AvgIpc) is 3.02. The van der Waals surface area contributed by atoms with Gasteiger partial charge in [-0.15, -0.1) is 0 Å². The minimum Gasteiger partial charge on any atom is -0.386 e. The van der Waals surface area contributed by atoms with E-state index in [-0.39, 0.29) is 6.54 Å². The van der Waals surface area contributed by atoms with Crippen molar-refractivity contribution in [2.75, 3.05) is 19.8 Å². The summed E-state index contributed by atoms with van der Waals surface area (Å²) in [5, 5.41) is 10.2. The van der Waals surface area contributed by atoms with E-state index in [0.717, 1.165) is 38.5 Å². The Kier molecular flexibility index (Phi) is 36.0. The predicted molar refractivity (Wildman–Crippen MR) is 189 cm³/mol. The lowest BCUT2D eigenvalue weighted by Gasteiger charge is -2.22. The van der Waals surface area contributed by atoms with Crippen LogP contribution in [0.1, 0.15) is 168 Å². The zero-order valence-electron chi connectivity index (χ0n) is 28.7. The molecule has 0 spiro atoms. The van der Waals surface area contributed by atoms with Gasteiger partial charge in [-0.25, -0.2) is 0 Å². The molecule has 1 atom stereocenters.